The summed E-state index contributed by atoms with van der Waals surface area (Å²) in [7, 11) is 2.15. The Labute approximate surface area is 207 Å². The van der Waals surface area contributed by atoms with Gasteiger partial charge in [-0.2, -0.15) is 0 Å². The van der Waals surface area contributed by atoms with Gasteiger partial charge in [-0.3, -0.25) is 14.2 Å². The zero-order chi connectivity index (χ0) is 24.6. The lowest BCUT2D eigenvalue weighted by Crippen LogP contribution is -2.49. The molecule has 3 atom stereocenters. The van der Waals surface area contributed by atoms with Crippen LogP contribution in [0.4, 0.5) is 5.82 Å². The van der Waals surface area contributed by atoms with Crippen molar-refractivity contribution in [1.82, 2.24) is 19.4 Å². The Morgan fingerprint density at radius 1 is 1.17 bits per heavy atom. The maximum atomic E-state index is 12.9. The molecule has 0 radical (unpaired) electrons. The molecular weight excluding hydrogens is 442 g/mol. The number of piperidine rings is 2. The number of aliphatic hydroxyl groups is 1. The molecule has 188 valence electrons. The van der Waals surface area contributed by atoms with E-state index in [1.54, 1.807) is 12.4 Å². The van der Waals surface area contributed by atoms with Gasteiger partial charge in [-0.15, -0.1) is 0 Å². The van der Waals surface area contributed by atoms with Gasteiger partial charge in [-0.25, -0.2) is 4.98 Å². The molecule has 1 aromatic heterocycles. The van der Waals surface area contributed by atoms with E-state index >= 15 is 0 Å². The predicted molar refractivity (Wildman–Crippen MR) is 135 cm³/mol. The third-order valence-electron chi connectivity index (χ3n) is 8.11. The number of anilines is 1. The molecule has 35 heavy (non-hydrogen) atoms. The number of fused-ring (bicyclic) bond motifs is 2. The summed E-state index contributed by atoms with van der Waals surface area (Å²) in [6, 6.07) is 12.1. The number of likely N-dealkylation sites (tertiary alicyclic amines) is 2. The van der Waals surface area contributed by atoms with Gasteiger partial charge in [0.2, 0.25) is 5.91 Å². The highest BCUT2D eigenvalue weighted by Crippen LogP contribution is 2.32. The molecule has 2 bridgehead atoms. The number of rotatable bonds is 6. The van der Waals surface area contributed by atoms with Crippen molar-refractivity contribution in [2.45, 2.75) is 56.7 Å². The molecule has 4 heterocycles. The van der Waals surface area contributed by atoms with Gasteiger partial charge in [0, 0.05) is 51.3 Å². The van der Waals surface area contributed by atoms with E-state index in [9.17, 15) is 14.7 Å². The number of aromatic nitrogens is 2. The molecule has 8 heteroatoms. The van der Waals surface area contributed by atoms with E-state index in [0.717, 1.165) is 37.4 Å². The molecule has 3 fully saturated rings. The summed E-state index contributed by atoms with van der Waals surface area (Å²) in [5, 5.41) is 11.2. The van der Waals surface area contributed by atoms with Gasteiger partial charge in [0.05, 0.1) is 18.5 Å². The fourth-order valence-electron chi connectivity index (χ4n) is 6.11. The standard InChI is InChI=1S/C27H37N5O3/c1-20(22-6-4-3-5-7-22)12-25(33)30-10-8-27(35,9-11-30)18-31-19-28-24(14-26(31)34)32-16-21-13-23(32)17-29(2)15-21/h3-7,14,19-21,23,35H,8-13,15-18H2,1-2H3/t20?,21-,23+/m1/s1. The lowest BCUT2D eigenvalue weighted by Gasteiger charge is -2.38. The van der Waals surface area contributed by atoms with Crippen LogP contribution in [0.5, 0.6) is 0 Å². The Morgan fingerprint density at radius 3 is 2.63 bits per heavy atom. The molecule has 1 N–H and O–H groups in total. The van der Waals surface area contributed by atoms with Crippen molar-refractivity contribution in [2.24, 2.45) is 5.92 Å². The highest BCUT2D eigenvalue weighted by Gasteiger charge is 2.38. The molecule has 1 aromatic carbocycles. The van der Waals surface area contributed by atoms with Gasteiger partial charge in [0.1, 0.15) is 5.82 Å². The van der Waals surface area contributed by atoms with Gasteiger partial charge in [-0.05, 0) is 43.7 Å². The molecule has 2 aromatic rings. The third-order valence-corrected chi connectivity index (χ3v) is 8.11. The van der Waals surface area contributed by atoms with Crippen molar-refractivity contribution in [2.75, 3.05) is 44.7 Å². The van der Waals surface area contributed by atoms with E-state index in [1.807, 2.05) is 23.1 Å². The van der Waals surface area contributed by atoms with Gasteiger partial charge in [0.15, 0.2) is 0 Å². The number of likely N-dealkylation sites (N-methyl/N-ethyl adjacent to an activating group) is 1. The van der Waals surface area contributed by atoms with Gasteiger partial charge in [-0.1, -0.05) is 37.3 Å². The zero-order valence-electron chi connectivity index (χ0n) is 20.8. The Morgan fingerprint density at radius 2 is 1.91 bits per heavy atom. The van der Waals surface area contributed by atoms with E-state index in [2.05, 4.69) is 40.9 Å². The Hall–Kier alpha value is -2.71. The first-order chi connectivity index (χ1) is 16.8. The lowest BCUT2D eigenvalue weighted by molar-refractivity contribution is -0.136. The van der Waals surface area contributed by atoms with Crippen LogP contribution in [0.15, 0.2) is 47.5 Å². The summed E-state index contributed by atoms with van der Waals surface area (Å²) in [4.78, 5) is 36.8. The minimum absolute atomic E-state index is 0.119. The first-order valence-corrected chi connectivity index (χ1v) is 12.9. The highest BCUT2D eigenvalue weighted by molar-refractivity contribution is 5.77. The minimum Gasteiger partial charge on any atom is -0.388 e. The summed E-state index contributed by atoms with van der Waals surface area (Å²) < 4.78 is 1.52. The van der Waals surface area contributed by atoms with Crippen molar-refractivity contribution in [3.63, 3.8) is 0 Å². The second kappa shape index (κ2) is 9.74. The van der Waals surface area contributed by atoms with E-state index in [4.69, 9.17) is 0 Å². The monoisotopic (exact) mass is 479 g/mol. The van der Waals surface area contributed by atoms with Crippen LogP contribution >= 0.6 is 0 Å². The fraction of sp³-hybridized carbons (Fsp3) is 0.593. The van der Waals surface area contributed by atoms with Crippen molar-refractivity contribution < 1.29 is 9.90 Å². The van der Waals surface area contributed by atoms with Crippen molar-refractivity contribution in [3.05, 3.63) is 58.6 Å². The van der Waals surface area contributed by atoms with Gasteiger partial charge in [0.25, 0.3) is 5.56 Å². The van der Waals surface area contributed by atoms with E-state index in [1.165, 1.54) is 4.57 Å². The molecular formula is C27H37N5O3. The third kappa shape index (κ3) is 5.28. The number of carbonyl (C=O) groups is 1. The number of hydrogen-bond acceptors (Lipinski definition) is 6. The Bertz CT molecular complexity index is 1100. The summed E-state index contributed by atoms with van der Waals surface area (Å²) in [5.74, 6) is 1.65. The predicted octanol–water partition coefficient (Wildman–Crippen LogP) is 1.93. The maximum absolute atomic E-state index is 12.9. The van der Waals surface area contributed by atoms with Crippen molar-refractivity contribution >= 4 is 11.7 Å². The average Bonchev–Trinajstić information content (AvgIpc) is 3.15. The molecule has 3 aliphatic rings. The molecule has 1 unspecified atom stereocenters. The highest BCUT2D eigenvalue weighted by atomic mass is 16.3. The summed E-state index contributed by atoms with van der Waals surface area (Å²) >= 11 is 0. The fourth-order valence-corrected chi connectivity index (χ4v) is 6.11. The molecule has 8 nitrogen and oxygen atoms in total. The molecule has 0 aliphatic carbocycles. The SMILES string of the molecule is CC(CC(=O)N1CCC(O)(Cn2cnc(N3C[C@@H]4C[C@H]3CN(C)C4)cc2=O)CC1)c1ccccc1. The zero-order valence-corrected chi connectivity index (χ0v) is 20.8. The van der Waals surface area contributed by atoms with Gasteiger partial charge < -0.3 is 19.8 Å². The topological polar surface area (TPSA) is 81.9 Å². The van der Waals surface area contributed by atoms with Crippen molar-refractivity contribution in [1.29, 1.82) is 0 Å². The van der Waals surface area contributed by atoms with Crippen LogP contribution in [0.25, 0.3) is 0 Å². The summed E-state index contributed by atoms with van der Waals surface area (Å²) in [6.45, 7) is 6.33. The molecule has 3 saturated heterocycles. The molecule has 1 amide bonds. The quantitative estimate of drug-likeness (QED) is 0.682. The first kappa shape index (κ1) is 24.0. The largest absolute Gasteiger partial charge is 0.388 e. The molecule has 0 spiro atoms. The van der Waals surface area contributed by atoms with Crippen LogP contribution in [-0.2, 0) is 11.3 Å². The summed E-state index contributed by atoms with van der Waals surface area (Å²) in [5.41, 5.74) is 0.0180. The molecule has 0 saturated carbocycles. The average molecular weight is 480 g/mol. The minimum atomic E-state index is -1.01. The summed E-state index contributed by atoms with van der Waals surface area (Å²) in [6.07, 6.45) is 4.11. The van der Waals surface area contributed by atoms with E-state index in [0.29, 0.717) is 44.3 Å². The normalized spacial score (nSPS) is 25.0. The molecule has 5 rings (SSSR count). The smallest absolute Gasteiger partial charge is 0.255 e. The number of carbonyl (C=O) groups excluding carboxylic acids is 1. The molecule has 3 aliphatic heterocycles. The van der Waals surface area contributed by atoms with Crippen molar-refractivity contribution in [3.8, 4) is 0 Å². The lowest BCUT2D eigenvalue weighted by atomic mass is 9.90. The van der Waals surface area contributed by atoms with Crippen LogP contribution in [0.1, 0.15) is 44.1 Å². The van der Waals surface area contributed by atoms with Crippen LogP contribution in [-0.4, -0.2) is 81.8 Å². The Balaban J connectivity index is 1.17. The number of amides is 1. The Kier molecular flexibility index (Phi) is 6.68. The number of nitrogens with zero attached hydrogens (tertiary/aromatic N) is 5. The second-order valence-electron chi connectivity index (χ2n) is 11.0. The maximum Gasteiger partial charge on any atom is 0.255 e. The van der Waals surface area contributed by atoms with Crippen LogP contribution in [0.2, 0.25) is 0 Å². The van der Waals surface area contributed by atoms with Gasteiger partial charge >= 0.3 is 0 Å². The first-order valence-electron chi connectivity index (χ1n) is 12.9. The van der Waals surface area contributed by atoms with Crippen LogP contribution in [0.3, 0.4) is 0 Å². The van der Waals surface area contributed by atoms with E-state index < -0.39 is 5.60 Å². The van der Waals surface area contributed by atoms with E-state index in [-0.39, 0.29) is 23.9 Å². The van der Waals surface area contributed by atoms with Crippen LogP contribution in [0, 0.1) is 5.92 Å². The number of benzene rings is 1. The van der Waals surface area contributed by atoms with Crippen LogP contribution < -0.4 is 10.5 Å². The number of hydrogen-bond donors (Lipinski definition) is 1. The second-order valence-corrected chi connectivity index (χ2v) is 11.0.